The topological polar surface area (TPSA) is 102 Å². The molecule has 1 aromatic carbocycles. The zero-order chi connectivity index (χ0) is 20.0. The summed E-state index contributed by atoms with van der Waals surface area (Å²) in [5, 5.41) is 21.5. The van der Waals surface area contributed by atoms with Gasteiger partial charge in [0.25, 0.3) is 0 Å². The highest BCUT2D eigenvalue weighted by molar-refractivity contribution is 5.90. The predicted octanol–water partition coefficient (Wildman–Crippen LogP) is 0.322. The summed E-state index contributed by atoms with van der Waals surface area (Å²) in [5.74, 6) is 0.0376. The molecular formula is C19H24FN3O5. The maximum Gasteiger partial charge on any atom is 0.414 e. The van der Waals surface area contributed by atoms with Crippen molar-refractivity contribution >= 4 is 23.4 Å². The number of rotatable bonds is 6. The van der Waals surface area contributed by atoms with Gasteiger partial charge in [-0.25, -0.2) is 9.18 Å². The third-order valence-corrected chi connectivity index (χ3v) is 5.93. The number of nitrogens with one attached hydrogen (secondary N) is 1. The van der Waals surface area contributed by atoms with Gasteiger partial charge in [0.15, 0.2) is 0 Å². The Hall–Kier alpha value is -2.39. The van der Waals surface area contributed by atoms with Crippen LogP contribution in [0.3, 0.4) is 0 Å². The van der Waals surface area contributed by atoms with Crippen molar-refractivity contribution in [3.63, 3.8) is 0 Å². The minimum absolute atomic E-state index is 0.100. The number of halogens is 1. The number of aliphatic hydroxyl groups is 2. The number of hydrogen-bond donors (Lipinski definition) is 3. The van der Waals surface area contributed by atoms with Gasteiger partial charge < -0.3 is 25.2 Å². The lowest BCUT2D eigenvalue weighted by atomic mass is 10.1. The van der Waals surface area contributed by atoms with Crippen molar-refractivity contribution in [3.05, 3.63) is 24.0 Å². The van der Waals surface area contributed by atoms with E-state index in [1.807, 2.05) is 4.90 Å². The Morgan fingerprint density at radius 3 is 2.68 bits per heavy atom. The average molecular weight is 393 g/mol. The van der Waals surface area contributed by atoms with Crippen molar-refractivity contribution in [1.29, 1.82) is 0 Å². The first-order chi connectivity index (χ1) is 13.4. The molecule has 4 rings (SSSR count). The molecule has 2 saturated heterocycles. The fourth-order valence-electron chi connectivity index (χ4n) is 4.48. The first kappa shape index (κ1) is 18.9. The second-order valence-electron chi connectivity index (χ2n) is 7.75. The molecule has 0 radical (unpaired) electrons. The lowest BCUT2D eigenvalue weighted by molar-refractivity contribution is -0.119. The van der Waals surface area contributed by atoms with Crippen molar-refractivity contribution in [3.8, 4) is 0 Å². The van der Waals surface area contributed by atoms with E-state index in [1.165, 1.54) is 17.9 Å². The number of aliphatic hydroxyl groups excluding tert-OH is 2. The van der Waals surface area contributed by atoms with E-state index >= 15 is 0 Å². The van der Waals surface area contributed by atoms with Crippen LogP contribution in [0.15, 0.2) is 18.2 Å². The average Bonchev–Trinajstić information content (AvgIpc) is 2.99. The second-order valence-corrected chi connectivity index (χ2v) is 7.75. The van der Waals surface area contributed by atoms with Gasteiger partial charge in [-0.3, -0.25) is 9.69 Å². The Morgan fingerprint density at radius 1 is 1.36 bits per heavy atom. The summed E-state index contributed by atoms with van der Waals surface area (Å²) in [4.78, 5) is 26.4. The summed E-state index contributed by atoms with van der Waals surface area (Å²) in [7, 11) is 0. The normalized spacial score (nSPS) is 29.5. The predicted molar refractivity (Wildman–Crippen MR) is 98.5 cm³/mol. The molecule has 28 heavy (non-hydrogen) atoms. The molecule has 1 aromatic rings. The number of ether oxygens (including phenoxy) is 1. The smallest absolute Gasteiger partial charge is 0.414 e. The molecule has 3 aliphatic rings. The summed E-state index contributed by atoms with van der Waals surface area (Å²) in [6, 6.07) is 4.66. The van der Waals surface area contributed by atoms with Crippen LogP contribution in [0, 0.1) is 23.6 Å². The second kappa shape index (κ2) is 7.21. The summed E-state index contributed by atoms with van der Waals surface area (Å²) in [5.41, 5.74) is 0.880. The maximum atomic E-state index is 14.7. The number of nitrogens with zero attached hydrogens (tertiary/aromatic N) is 2. The molecule has 0 spiro atoms. The van der Waals surface area contributed by atoms with E-state index in [9.17, 15) is 19.1 Å². The number of benzene rings is 1. The molecule has 2 aliphatic heterocycles. The fourth-order valence-corrected chi connectivity index (χ4v) is 4.48. The van der Waals surface area contributed by atoms with Gasteiger partial charge in [-0.1, -0.05) is 0 Å². The Kier molecular flexibility index (Phi) is 4.88. The highest BCUT2D eigenvalue weighted by Gasteiger charge is 2.58. The molecule has 0 bridgehead atoms. The zero-order valence-corrected chi connectivity index (χ0v) is 15.5. The lowest BCUT2D eigenvalue weighted by Gasteiger charge is -2.24. The van der Waals surface area contributed by atoms with Crippen LogP contribution in [0.4, 0.5) is 20.6 Å². The molecule has 152 valence electrons. The van der Waals surface area contributed by atoms with Gasteiger partial charge in [0.2, 0.25) is 5.91 Å². The SMILES string of the molecule is CC(=O)NC[C@H]1CN(c2ccc(N3CC4C(C3)C4C(O)CO)c(F)c2)C(=O)O1. The Bertz CT molecular complexity index is 779. The van der Waals surface area contributed by atoms with Crippen LogP contribution in [-0.2, 0) is 9.53 Å². The molecule has 3 fully saturated rings. The first-order valence-corrected chi connectivity index (χ1v) is 9.45. The Labute approximate surface area is 161 Å². The molecule has 2 amide bonds. The standard InChI is InChI=1S/C19H24FN3O5/c1-10(25)21-5-12-6-23(19(27)28-12)11-2-3-16(15(20)4-11)22-7-13-14(8-22)18(13)17(26)9-24/h2-4,12-14,17-18,24,26H,5-9H2,1H3,(H,21,25)/t12-,13?,14?,17?,18?/m0/s1. The van der Waals surface area contributed by atoms with Gasteiger partial charge in [0, 0.05) is 20.0 Å². The van der Waals surface area contributed by atoms with Crippen molar-refractivity contribution < 1.29 is 28.9 Å². The quantitative estimate of drug-likeness (QED) is 0.644. The number of fused-ring (bicyclic) bond motifs is 1. The summed E-state index contributed by atoms with van der Waals surface area (Å²) >= 11 is 0. The monoisotopic (exact) mass is 393 g/mol. The number of cyclic esters (lactones) is 1. The molecule has 9 heteroatoms. The highest BCUT2D eigenvalue weighted by Crippen LogP contribution is 2.54. The largest absolute Gasteiger partial charge is 0.442 e. The van der Waals surface area contributed by atoms with E-state index in [0.29, 0.717) is 24.5 Å². The van der Waals surface area contributed by atoms with Crippen molar-refractivity contribution in [2.45, 2.75) is 19.1 Å². The van der Waals surface area contributed by atoms with Crippen LogP contribution in [0.5, 0.6) is 0 Å². The van der Waals surface area contributed by atoms with Crippen LogP contribution in [0.1, 0.15) is 6.92 Å². The van der Waals surface area contributed by atoms with E-state index < -0.39 is 24.1 Å². The first-order valence-electron chi connectivity index (χ1n) is 9.45. The summed E-state index contributed by atoms with van der Waals surface area (Å²) < 4.78 is 19.9. The molecule has 4 atom stereocenters. The van der Waals surface area contributed by atoms with Gasteiger partial charge in [0.05, 0.1) is 37.2 Å². The van der Waals surface area contributed by atoms with Crippen molar-refractivity contribution in [2.24, 2.45) is 17.8 Å². The van der Waals surface area contributed by atoms with Gasteiger partial charge >= 0.3 is 6.09 Å². The van der Waals surface area contributed by atoms with E-state index in [2.05, 4.69) is 5.32 Å². The van der Waals surface area contributed by atoms with Gasteiger partial charge in [-0.15, -0.1) is 0 Å². The number of piperidine rings is 1. The Balaban J connectivity index is 1.39. The number of anilines is 2. The van der Waals surface area contributed by atoms with E-state index in [1.54, 1.807) is 12.1 Å². The number of carbonyl (C=O) groups excluding carboxylic acids is 2. The van der Waals surface area contributed by atoms with Crippen LogP contribution >= 0.6 is 0 Å². The Morgan fingerprint density at radius 2 is 2.07 bits per heavy atom. The van der Waals surface area contributed by atoms with E-state index in [0.717, 1.165) is 0 Å². The minimum Gasteiger partial charge on any atom is -0.442 e. The van der Waals surface area contributed by atoms with Gasteiger partial charge in [-0.05, 0) is 36.0 Å². The molecule has 3 N–H and O–H groups in total. The van der Waals surface area contributed by atoms with Crippen LogP contribution < -0.4 is 15.1 Å². The molecule has 0 aromatic heterocycles. The van der Waals surface area contributed by atoms with E-state index in [4.69, 9.17) is 9.84 Å². The molecule has 8 nitrogen and oxygen atoms in total. The molecule has 2 heterocycles. The van der Waals surface area contributed by atoms with Crippen LogP contribution in [0.2, 0.25) is 0 Å². The highest BCUT2D eigenvalue weighted by atomic mass is 19.1. The third kappa shape index (κ3) is 3.40. The molecule has 3 unspecified atom stereocenters. The molecule has 1 aliphatic carbocycles. The number of hydrogen-bond acceptors (Lipinski definition) is 6. The van der Waals surface area contributed by atoms with Crippen molar-refractivity contribution in [1.82, 2.24) is 5.32 Å². The minimum atomic E-state index is -0.698. The third-order valence-electron chi connectivity index (χ3n) is 5.93. The maximum absolute atomic E-state index is 14.7. The summed E-state index contributed by atoms with van der Waals surface area (Å²) in [6.07, 6.45) is -1.73. The van der Waals surface area contributed by atoms with Crippen LogP contribution in [-0.4, -0.2) is 67.2 Å². The number of carbonyl (C=O) groups is 2. The van der Waals surface area contributed by atoms with Crippen molar-refractivity contribution in [2.75, 3.05) is 42.6 Å². The zero-order valence-electron chi connectivity index (χ0n) is 15.5. The number of amides is 2. The lowest BCUT2D eigenvalue weighted by Crippen LogP contribution is -2.33. The van der Waals surface area contributed by atoms with Crippen LogP contribution in [0.25, 0.3) is 0 Å². The van der Waals surface area contributed by atoms with E-state index in [-0.39, 0.29) is 43.4 Å². The fraction of sp³-hybridized carbons (Fsp3) is 0.579. The summed E-state index contributed by atoms with van der Waals surface area (Å²) in [6.45, 7) is 2.90. The molecular weight excluding hydrogens is 369 g/mol. The van der Waals surface area contributed by atoms with Gasteiger partial charge in [0.1, 0.15) is 11.9 Å². The van der Waals surface area contributed by atoms with Gasteiger partial charge in [-0.2, -0.15) is 0 Å². The molecule has 1 saturated carbocycles.